The number of hydrogen-bond acceptors (Lipinski definition) is 4. The van der Waals surface area contributed by atoms with Gasteiger partial charge in [0, 0.05) is 24.2 Å². The zero-order valence-electron chi connectivity index (χ0n) is 13.6. The smallest absolute Gasteiger partial charge is 0.270 e. The number of benzene rings is 1. The average Bonchev–Trinajstić information content (AvgIpc) is 2.57. The Labute approximate surface area is 135 Å². The minimum Gasteiger partial charge on any atom is -0.497 e. The number of carbonyl (C=O) groups is 1. The lowest BCUT2D eigenvalue weighted by Crippen LogP contribution is -2.32. The molecule has 5 heteroatoms. The van der Waals surface area contributed by atoms with Crippen LogP contribution in [0.4, 0.5) is 0 Å². The van der Waals surface area contributed by atoms with Gasteiger partial charge in [-0.1, -0.05) is 0 Å². The predicted octanol–water partition coefficient (Wildman–Crippen LogP) is 2.96. The van der Waals surface area contributed by atoms with Crippen LogP contribution in [0.25, 0.3) is 0 Å². The van der Waals surface area contributed by atoms with Gasteiger partial charge in [-0.3, -0.25) is 9.78 Å². The van der Waals surface area contributed by atoms with Gasteiger partial charge in [0.05, 0.1) is 19.8 Å². The van der Waals surface area contributed by atoms with E-state index in [4.69, 9.17) is 9.47 Å². The first-order chi connectivity index (χ1) is 11.1. The molecule has 5 nitrogen and oxygen atoms in total. The molecular weight excluding hydrogens is 292 g/mol. The third-order valence-electron chi connectivity index (χ3n) is 4.17. The second-order valence-electron chi connectivity index (χ2n) is 5.72. The Hall–Kier alpha value is -2.56. The molecule has 2 heterocycles. The molecule has 0 saturated carbocycles. The topological polar surface area (TPSA) is 60.5 Å². The van der Waals surface area contributed by atoms with Gasteiger partial charge in [-0.2, -0.15) is 0 Å². The highest BCUT2D eigenvalue weighted by Gasteiger charge is 2.24. The molecule has 0 fully saturated rings. The van der Waals surface area contributed by atoms with Gasteiger partial charge in [0.15, 0.2) is 0 Å². The van der Waals surface area contributed by atoms with E-state index in [1.54, 1.807) is 13.3 Å². The molecule has 3 rings (SSSR count). The molecule has 1 aliphatic heterocycles. The maximum Gasteiger partial charge on any atom is 0.270 e. The van der Waals surface area contributed by atoms with Crippen LogP contribution in [0.1, 0.15) is 39.6 Å². The van der Waals surface area contributed by atoms with E-state index in [-0.39, 0.29) is 11.9 Å². The summed E-state index contributed by atoms with van der Waals surface area (Å²) in [7, 11) is 1.62. The second kappa shape index (κ2) is 6.28. The number of nitrogens with zero attached hydrogens (tertiary/aromatic N) is 1. The fourth-order valence-electron chi connectivity index (χ4n) is 2.63. The number of hydrogen-bond donors (Lipinski definition) is 1. The monoisotopic (exact) mass is 312 g/mol. The molecule has 1 amide bonds. The third kappa shape index (κ3) is 3.13. The first kappa shape index (κ1) is 15.3. The van der Waals surface area contributed by atoms with Crippen molar-refractivity contribution in [3.05, 3.63) is 52.8 Å². The summed E-state index contributed by atoms with van der Waals surface area (Å²) in [6.07, 6.45) is 2.46. The van der Waals surface area contributed by atoms with Crippen LogP contribution in [0.3, 0.4) is 0 Å². The minimum absolute atomic E-state index is 0.0828. The Bertz CT molecular complexity index is 743. The number of nitrogens with one attached hydrogen (secondary N) is 1. The van der Waals surface area contributed by atoms with Gasteiger partial charge in [0.1, 0.15) is 17.2 Å². The van der Waals surface area contributed by atoms with E-state index < -0.39 is 0 Å². The van der Waals surface area contributed by atoms with Crippen molar-refractivity contribution in [2.45, 2.75) is 26.3 Å². The molecule has 2 aromatic rings. The van der Waals surface area contributed by atoms with Gasteiger partial charge >= 0.3 is 0 Å². The summed E-state index contributed by atoms with van der Waals surface area (Å²) in [6.45, 7) is 4.52. The van der Waals surface area contributed by atoms with E-state index in [0.717, 1.165) is 34.6 Å². The Morgan fingerprint density at radius 3 is 2.87 bits per heavy atom. The summed E-state index contributed by atoms with van der Waals surface area (Å²) in [5, 5.41) is 3.05. The van der Waals surface area contributed by atoms with E-state index in [2.05, 4.69) is 10.3 Å². The zero-order valence-corrected chi connectivity index (χ0v) is 13.6. The van der Waals surface area contributed by atoms with Crippen molar-refractivity contribution in [3.8, 4) is 11.5 Å². The van der Waals surface area contributed by atoms with Crippen LogP contribution in [0.15, 0.2) is 30.5 Å². The quantitative estimate of drug-likeness (QED) is 0.946. The van der Waals surface area contributed by atoms with Gasteiger partial charge < -0.3 is 14.8 Å². The van der Waals surface area contributed by atoms with Crippen LogP contribution in [0.2, 0.25) is 0 Å². The zero-order chi connectivity index (χ0) is 16.4. The number of pyridine rings is 1. The highest BCUT2D eigenvalue weighted by Crippen LogP contribution is 2.34. The van der Waals surface area contributed by atoms with Crippen molar-refractivity contribution in [3.63, 3.8) is 0 Å². The Kier molecular flexibility index (Phi) is 4.19. The molecule has 0 radical (unpaired) electrons. The largest absolute Gasteiger partial charge is 0.497 e. The molecule has 1 N–H and O–H groups in total. The number of ether oxygens (including phenoxy) is 2. The highest BCUT2D eigenvalue weighted by molar-refractivity contribution is 5.92. The molecule has 0 bridgehead atoms. The molecule has 120 valence electrons. The lowest BCUT2D eigenvalue weighted by molar-refractivity contribution is 0.0919. The van der Waals surface area contributed by atoms with Crippen molar-refractivity contribution >= 4 is 5.91 Å². The fraction of sp³-hybridized carbons (Fsp3) is 0.333. The van der Waals surface area contributed by atoms with Crippen LogP contribution in [0, 0.1) is 13.8 Å². The van der Waals surface area contributed by atoms with Crippen molar-refractivity contribution in [1.29, 1.82) is 0 Å². The average molecular weight is 312 g/mol. The number of aromatic nitrogens is 1. The Morgan fingerprint density at radius 1 is 1.30 bits per heavy atom. The van der Waals surface area contributed by atoms with E-state index in [1.165, 1.54) is 0 Å². The van der Waals surface area contributed by atoms with E-state index >= 15 is 0 Å². The lowest BCUT2D eigenvalue weighted by atomic mass is 10.00. The van der Waals surface area contributed by atoms with Gasteiger partial charge in [-0.05, 0) is 43.2 Å². The first-order valence-electron chi connectivity index (χ1n) is 7.63. The normalized spacial score (nSPS) is 16.2. The Balaban J connectivity index is 1.81. The summed E-state index contributed by atoms with van der Waals surface area (Å²) in [4.78, 5) is 16.7. The molecule has 0 aliphatic carbocycles. The van der Waals surface area contributed by atoms with Crippen molar-refractivity contribution < 1.29 is 14.3 Å². The number of fused-ring (bicyclic) bond motifs is 1. The second-order valence-corrected chi connectivity index (χ2v) is 5.72. The van der Waals surface area contributed by atoms with Crippen LogP contribution in [-0.2, 0) is 0 Å². The minimum atomic E-state index is -0.165. The number of carbonyl (C=O) groups excluding carboxylic acids is 1. The van der Waals surface area contributed by atoms with Crippen molar-refractivity contribution in [1.82, 2.24) is 10.3 Å². The number of rotatable bonds is 3. The number of amides is 1. The molecule has 23 heavy (non-hydrogen) atoms. The van der Waals surface area contributed by atoms with Crippen LogP contribution in [-0.4, -0.2) is 24.6 Å². The van der Waals surface area contributed by atoms with Crippen molar-refractivity contribution in [2.75, 3.05) is 13.7 Å². The van der Waals surface area contributed by atoms with Gasteiger partial charge in [0.25, 0.3) is 5.91 Å². The maximum atomic E-state index is 12.5. The molecule has 0 spiro atoms. The standard InChI is InChI=1S/C18H20N2O3/c1-11-8-16(19-10-12(11)2)18(21)20-15-6-7-23-17-9-13(22-3)4-5-14(15)17/h4-5,8-10,15H,6-7H2,1-3H3,(H,20,21)/t15-/m0/s1. The maximum absolute atomic E-state index is 12.5. The summed E-state index contributed by atoms with van der Waals surface area (Å²) in [5.41, 5.74) is 3.54. The van der Waals surface area contributed by atoms with Crippen LogP contribution >= 0.6 is 0 Å². The van der Waals surface area contributed by atoms with Gasteiger partial charge in [-0.25, -0.2) is 0 Å². The molecule has 1 aromatic heterocycles. The molecule has 1 aromatic carbocycles. The molecule has 0 unspecified atom stereocenters. The number of aryl methyl sites for hydroxylation is 2. The SMILES string of the molecule is COc1ccc2c(c1)OCC[C@@H]2NC(=O)c1cc(C)c(C)cn1. The van der Waals surface area contributed by atoms with E-state index in [9.17, 15) is 4.79 Å². The first-order valence-corrected chi connectivity index (χ1v) is 7.63. The molecule has 1 atom stereocenters. The highest BCUT2D eigenvalue weighted by atomic mass is 16.5. The summed E-state index contributed by atoms with van der Waals surface area (Å²) < 4.78 is 10.9. The van der Waals surface area contributed by atoms with Crippen LogP contribution in [0.5, 0.6) is 11.5 Å². The van der Waals surface area contributed by atoms with Gasteiger partial charge in [-0.15, -0.1) is 0 Å². The summed E-state index contributed by atoms with van der Waals surface area (Å²) >= 11 is 0. The number of methoxy groups -OCH3 is 1. The third-order valence-corrected chi connectivity index (χ3v) is 4.17. The summed E-state index contributed by atoms with van der Waals surface area (Å²) in [5.74, 6) is 1.34. The lowest BCUT2D eigenvalue weighted by Gasteiger charge is -2.27. The summed E-state index contributed by atoms with van der Waals surface area (Å²) in [6, 6.07) is 7.40. The predicted molar refractivity (Wildman–Crippen MR) is 87.0 cm³/mol. The molecular formula is C18H20N2O3. The molecule has 0 saturated heterocycles. The van der Waals surface area contributed by atoms with Crippen LogP contribution < -0.4 is 14.8 Å². The van der Waals surface area contributed by atoms with E-state index in [0.29, 0.717) is 12.3 Å². The Morgan fingerprint density at radius 2 is 2.13 bits per heavy atom. The van der Waals surface area contributed by atoms with Gasteiger partial charge in [0.2, 0.25) is 0 Å². The van der Waals surface area contributed by atoms with Crippen molar-refractivity contribution in [2.24, 2.45) is 0 Å². The molecule has 1 aliphatic rings. The van der Waals surface area contributed by atoms with E-state index in [1.807, 2.05) is 38.1 Å². The fourth-order valence-corrected chi connectivity index (χ4v) is 2.63.